The summed E-state index contributed by atoms with van der Waals surface area (Å²) in [6, 6.07) is 7.21. The Hall–Kier alpha value is -4.29. The van der Waals surface area contributed by atoms with Crippen molar-refractivity contribution < 1.29 is 9.18 Å². The van der Waals surface area contributed by atoms with Crippen LogP contribution >= 0.6 is 11.5 Å². The lowest BCUT2D eigenvalue weighted by Gasteiger charge is -2.25. The highest BCUT2D eigenvalue weighted by Gasteiger charge is 2.16. The van der Waals surface area contributed by atoms with Crippen molar-refractivity contribution in [3.8, 4) is 11.3 Å². The van der Waals surface area contributed by atoms with Crippen molar-refractivity contribution in [2.45, 2.75) is 39.2 Å². The van der Waals surface area contributed by atoms with Crippen LogP contribution in [0.25, 0.3) is 16.9 Å². The number of imidazole rings is 1. The Bertz CT molecular complexity index is 1660. The molecule has 1 saturated heterocycles. The molecule has 0 atom stereocenters. The Morgan fingerprint density at radius 3 is 2.80 bits per heavy atom. The number of fused-ring (bicyclic) bond motifs is 1. The normalized spacial score (nSPS) is 13.9. The lowest BCUT2D eigenvalue weighted by Crippen LogP contribution is -2.29. The molecule has 0 unspecified atom stereocenters. The Kier molecular flexibility index (Phi) is 7.43. The molecule has 1 amide bonds. The number of nitrogens with zero attached hydrogens (tertiary/aromatic N) is 7. The lowest BCUT2D eigenvalue weighted by molar-refractivity contribution is -0.115. The van der Waals surface area contributed by atoms with Gasteiger partial charge in [0.15, 0.2) is 17.3 Å². The fourth-order valence-electron chi connectivity index (χ4n) is 4.88. The van der Waals surface area contributed by atoms with Crippen LogP contribution in [0.1, 0.15) is 36.3 Å². The van der Waals surface area contributed by atoms with Crippen LogP contribution in [0.2, 0.25) is 0 Å². The average molecular weight is 558 g/mol. The first kappa shape index (κ1) is 26.0. The maximum atomic E-state index is 13.9. The van der Waals surface area contributed by atoms with Crippen LogP contribution in [0.4, 0.5) is 20.9 Å². The minimum atomic E-state index is -0.590. The number of amides is 1. The summed E-state index contributed by atoms with van der Waals surface area (Å²) < 4.78 is 20.5. The molecular formula is C28H28FN9OS. The zero-order valence-electron chi connectivity index (χ0n) is 22.0. The van der Waals surface area contributed by atoms with Crippen molar-refractivity contribution in [1.82, 2.24) is 33.6 Å². The molecule has 0 saturated carbocycles. The molecule has 204 valence electrons. The van der Waals surface area contributed by atoms with E-state index in [0.717, 1.165) is 53.5 Å². The molecule has 1 aliphatic rings. The highest BCUT2D eigenvalue weighted by molar-refractivity contribution is 7.10. The third-order valence-electron chi connectivity index (χ3n) is 6.75. The number of hydrogen-bond acceptors (Lipinski definition) is 9. The van der Waals surface area contributed by atoms with Gasteiger partial charge in [-0.3, -0.25) is 24.1 Å². The molecular weight excluding hydrogens is 529 g/mol. The Labute approximate surface area is 234 Å². The number of likely N-dealkylation sites (tertiary alicyclic amines) is 1. The predicted octanol–water partition coefficient (Wildman–Crippen LogP) is 5.00. The number of aryl methyl sites for hydroxylation is 1. The minimum absolute atomic E-state index is 0.00906. The molecule has 1 fully saturated rings. The van der Waals surface area contributed by atoms with Gasteiger partial charge < -0.3 is 10.6 Å². The fraction of sp³-hybridized carbons (Fsp3) is 0.286. The number of halogens is 1. The van der Waals surface area contributed by atoms with Gasteiger partial charge in [-0.1, -0.05) is 6.42 Å². The van der Waals surface area contributed by atoms with E-state index < -0.39 is 5.82 Å². The number of hydrogen-bond donors (Lipinski definition) is 2. The maximum absolute atomic E-state index is 13.9. The third kappa shape index (κ3) is 5.82. The van der Waals surface area contributed by atoms with Gasteiger partial charge in [-0.25, -0.2) is 14.4 Å². The Balaban J connectivity index is 1.20. The Morgan fingerprint density at radius 1 is 1.07 bits per heavy atom. The first-order valence-corrected chi connectivity index (χ1v) is 13.9. The maximum Gasteiger partial charge on any atom is 0.230 e. The quantitative estimate of drug-likeness (QED) is 0.274. The fourth-order valence-corrected chi connectivity index (χ4v) is 5.54. The monoisotopic (exact) mass is 557 g/mol. The first-order chi connectivity index (χ1) is 19.5. The Morgan fingerprint density at radius 2 is 1.95 bits per heavy atom. The van der Waals surface area contributed by atoms with Crippen molar-refractivity contribution in [3.63, 3.8) is 0 Å². The number of rotatable bonds is 8. The zero-order chi connectivity index (χ0) is 27.5. The third-order valence-corrected chi connectivity index (χ3v) is 7.49. The number of nitrogens with one attached hydrogen (secondary N) is 2. The van der Waals surface area contributed by atoms with Gasteiger partial charge in [0.05, 0.1) is 47.3 Å². The van der Waals surface area contributed by atoms with Crippen LogP contribution in [-0.4, -0.2) is 52.6 Å². The molecule has 5 aromatic heterocycles. The molecule has 5 aromatic rings. The zero-order valence-corrected chi connectivity index (χ0v) is 22.8. The first-order valence-electron chi connectivity index (χ1n) is 13.2. The van der Waals surface area contributed by atoms with E-state index in [0.29, 0.717) is 17.2 Å². The molecule has 6 rings (SSSR count). The molecule has 0 aliphatic carbocycles. The van der Waals surface area contributed by atoms with Crippen molar-refractivity contribution in [3.05, 3.63) is 78.1 Å². The second-order valence-corrected chi connectivity index (χ2v) is 10.6. The standard InChI is InChI=1S/C28H28FN9OS/c1-18-16-38-24(19-5-8-31-20(11-19)12-25(39)34-23-6-7-30-14-22(23)29)15-32-28(38)27(33-18)35-26-13-21(36-40-26)17-37-9-3-2-4-10-37/h5-8,11,13-16H,2-4,9-10,12,17H2,1H3,(H,33,35)(H,30,34,39). The van der Waals surface area contributed by atoms with E-state index in [1.54, 1.807) is 12.4 Å². The van der Waals surface area contributed by atoms with Gasteiger partial charge in [0.25, 0.3) is 0 Å². The number of pyridine rings is 2. The molecule has 12 heteroatoms. The number of aromatic nitrogens is 6. The molecule has 40 heavy (non-hydrogen) atoms. The average Bonchev–Trinajstić information content (AvgIpc) is 3.57. The topological polar surface area (TPSA) is 113 Å². The summed E-state index contributed by atoms with van der Waals surface area (Å²) in [5, 5.41) is 6.90. The van der Waals surface area contributed by atoms with E-state index in [-0.39, 0.29) is 18.0 Å². The lowest BCUT2D eigenvalue weighted by atomic mass is 10.1. The van der Waals surface area contributed by atoms with Gasteiger partial charge in [0, 0.05) is 30.7 Å². The second-order valence-electron chi connectivity index (χ2n) is 9.83. The molecule has 1 aliphatic heterocycles. The summed E-state index contributed by atoms with van der Waals surface area (Å²) in [5.74, 6) is -0.315. The van der Waals surface area contributed by atoms with E-state index in [1.807, 2.05) is 29.7 Å². The highest BCUT2D eigenvalue weighted by atomic mass is 32.1. The SMILES string of the molecule is Cc1cn2c(-c3ccnc(CC(=O)Nc4ccncc4F)c3)cnc2c(Nc2cc(CN3CCCCC3)ns2)n1. The largest absolute Gasteiger partial charge is 0.328 e. The van der Waals surface area contributed by atoms with Crippen LogP contribution in [-0.2, 0) is 17.8 Å². The van der Waals surface area contributed by atoms with E-state index in [1.165, 1.54) is 43.1 Å². The smallest absolute Gasteiger partial charge is 0.230 e. The van der Waals surface area contributed by atoms with E-state index in [4.69, 9.17) is 4.98 Å². The summed E-state index contributed by atoms with van der Waals surface area (Å²) in [7, 11) is 0. The second kappa shape index (κ2) is 11.4. The number of carbonyl (C=O) groups excluding carboxylic acids is 1. The molecule has 2 N–H and O–H groups in total. The van der Waals surface area contributed by atoms with Crippen molar-refractivity contribution >= 4 is 39.6 Å². The van der Waals surface area contributed by atoms with Crippen LogP contribution in [0.15, 0.2) is 55.2 Å². The van der Waals surface area contributed by atoms with Crippen LogP contribution in [0, 0.1) is 12.7 Å². The molecule has 0 spiro atoms. The van der Waals surface area contributed by atoms with Crippen LogP contribution < -0.4 is 10.6 Å². The summed E-state index contributed by atoms with van der Waals surface area (Å²) in [6.45, 7) is 5.05. The number of piperidine rings is 1. The molecule has 0 bridgehead atoms. The van der Waals surface area contributed by atoms with Crippen LogP contribution in [0.5, 0.6) is 0 Å². The van der Waals surface area contributed by atoms with Gasteiger partial charge >= 0.3 is 0 Å². The van der Waals surface area contributed by atoms with E-state index in [2.05, 4.69) is 40.9 Å². The van der Waals surface area contributed by atoms with Crippen LogP contribution in [0.3, 0.4) is 0 Å². The molecule has 0 aromatic carbocycles. The molecule has 10 nitrogen and oxygen atoms in total. The van der Waals surface area contributed by atoms with Gasteiger partial charge in [0.1, 0.15) is 5.00 Å². The highest BCUT2D eigenvalue weighted by Crippen LogP contribution is 2.28. The number of carbonyl (C=O) groups is 1. The van der Waals surface area contributed by atoms with Gasteiger partial charge in [-0.2, -0.15) is 4.37 Å². The summed E-state index contributed by atoms with van der Waals surface area (Å²) >= 11 is 1.42. The van der Waals surface area contributed by atoms with E-state index in [9.17, 15) is 9.18 Å². The predicted molar refractivity (Wildman–Crippen MR) is 152 cm³/mol. The van der Waals surface area contributed by atoms with Gasteiger partial charge in [0.2, 0.25) is 5.91 Å². The summed E-state index contributed by atoms with van der Waals surface area (Å²) in [5.41, 5.74) is 4.87. The minimum Gasteiger partial charge on any atom is -0.328 e. The molecule has 0 radical (unpaired) electrons. The van der Waals surface area contributed by atoms with E-state index >= 15 is 0 Å². The number of anilines is 3. The van der Waals surface area contributed by atoms with Crippen molar-refractivity contribution in [1.29, 1.82) is 0 Å². The van der Waals surface area contributed by atoms with Gasteiger partial charge in [-0.15, -0.1) is 0 Å². The molecule has 6 heterocycles. The van der Waals surface area contributed by atoms with Crippen molar-refractivity contribution in [2.24, 2.45) is 0 Å². The van der Waals surface area contributed by atoms with Crippen molar-refractivity contribution in [2.75, 3.05) is 23.7 Å². The summed E-state index contributed by atoms with van der Waals surface area (Å²) in [4.78, 5) is 32.4. The summed E-state index contributed by atoms with van der Waals surface area (Å²) in [6.07, 6.45) is 11.6. The van der Waals surface area contributed by atoms with Gasteiger partial charge in [-0.05, 0) is 68.7 Å².